The van der Waals surface area contributed by atoms with Crippen molar-refractivity contribution in [3.8, 4) is 0 Å². The van der Waals surface area contributed by atoms with E-state index < -0.39 is 20.6 Å². The van der Waals surface area contributed by atoms with Crippen LogP contribution in [0.25, 0.3) is 0 Å². The number of nitrogens with zero attached hydrogens (tertiary/aromatic N) is 2. The molecule has 0 aliphatic rings. The van der Waals surface area contributed by atoms with E-state index in [1.165, 1.54) is 0 Å². The average molecular weight is 352 g/mol. The first-order chi connectivity index (χ1) is 11.1. The van der Waals surface area contributed by atoms with Gasteiger partial charge in [0.15, 0.2) is 0 Å². The summed E-state index contributed by atoms with van der Waals surface area (Å²) in [5.41, 5.74) is 0.918. The quantitative estimate of drug-likeness (QED) is 0.303. The van der Waals surface area contributed by atoms with Crippen LogP contribution in [0.15, 0.2) is 60.7 Å². The molecule has 120 valence electrons. The first-order valence-corrected chi connectivity index (χ1v) is 8.06. The molecular formula is C14H12N2O5S2. The molecule has 0 fully saturated rings. The Morgan fingerprint density at radius 3 is 1.39 bits per heavy atom. The number of nitro groups is 2. The summed E-state index contributed by atoms with van der Waals surface area (Å²) in [7, 11) is 0. The predicted molar refractivity (Wildman–Crippen MR) is 88.6 cm³/mol. The largest absolute Gasteiger partial charge is 0.308 e. The van der Waals surface area contributed by atoms with Gasteiger partial charge in [-0.15, -0.1) is 0 Å². The van der Waals surface area contributed by atoms with Gasteiger partial charge >= 0.3 is 10.7 Å². The topological polar surface area (TPSA) is 95.5 Å². The highest BCUT2D eigenvalue weighted by Crippen LogP contribution is 2.38. The van der Waals surface area contributed by atoms with Gasteiger partial charge < -0.3 is 0 Å². The Morgan fingerprint density at radius 2 is 1.09 bits per heavy atom. The maximum Gasteiger partial charge on any atom is 0.308 e. The smallest absolute Gasteiger partial charge is 0.263 e. The zero-order valence-electron chi connectivity index (χ0n) is 11.7. The fourth-order valence-corrected chi connectivity index (χ4v) is 3.21. The van der Waals surface area contributed by atoms with Crippen molar-refractivity contribution in [2.24, 2.45) is 0 Å². The van der Waals surface area contributed by atoms with Gasteiger partial charge in [-0.3, -0.25) is 20.2 Å². The molecule has 0 amide bonds. The molecular weight excluding hydrogens is 340 g/mol. The molecule has 0 N–H and O–H groups in total. The van der Waals surface area contributed by atoms with Crippen molar-refractivity contribution in [1.82, 2.24) is 0 Å². The van der Waals surface area contributed by atoms with E-state index in [0.29, 0.717) is 35.2 Å². The summed E-state index contributed by atoms with van der Waals surface area (Å²) in [6, 6.07) is 16.7. The molecule has 0 saturated carbocycles. The van der Waals surface area contributed by atoms with Gasteiger partial charge in [-0.25, -0.2) is 3.63 Å². The van der Waals surface area contributed by atoms with Crippen molar-refractivity contribution in [1.29, 1.82) is 0 Å². The lowest BCUT2D eigenvalue weighted by atomic mass is 10.2. The first-order valence-electron chi connectivity index (χ1n) is 6.45. The lowest BCUT2D eigenvalue weighted by Gasteiger charge is -2.10. The van der Waals surface area contributed by atoms with E-state index in [1.54, 1.807) is 60.7 Å². The molecule has 0 aliphatic heterocycles. The van der Waals surface area contributed by atoms with Gasteiger partial charge in [0.05, 0.1) is 24.1 Å². The molecule has 0 saturated heterocycles. The summed E-state index contributed by atoms with van der Waals surface area (Å²) in [5.74, 6) is 0. The van der Waals surface area contributed by atoms with Crippen LogP contribution in [0, 0.1) is 20.2 Å². The SMILES string of the molecule is O=[N+]([O-])C(SOSC(c1ccccc1)[N+](=O)[O-])c1ccccc1. The summed E-state index contributed by atoms with van der Waals surface area (Å²) in [5, 5.41) is 20.0. The van der Waals surface area contributed by atoms with E-state index in [4.69, 9.17) is 3.63 Å². The van der Waals surface area contributed by atoms with Crippen molar-refractivity contribution >= 4 is 24.1 Å². The molecule has 2 rings (SSSR count). The zero-order chi connectivity index (χ0) is 16.7. The van der Waals surface area contributed by atoms with E-state index >= 15 is 0 Å². The fraction of sp³-hybridized carbons (Fsp3) is 0.143. The average Bonchev–Trinajstić information content (AvgIpc) is 2.56. The summed E-state index contributed by atoms with van der Waals surface area (Å²) < 4.78 is 5.14. The number of hydrogen-bond donors (Lipinski definition) is 0. The highest BCUT2D eigenvalue weighted by Gasteiger charge is 2.29. The number of benzene rings is 2. The molecule has 0 aromatic heterocycles. The summed E-state index contributed by atoms with van der Waals surface area (Å²) in [4.78, 5) is 21.3. The summed E-state index contributed by atoms with van der Waals surface area (Å²) in [6.45, 7) is 0. The molecule has 0 aliphatic carbocycles. The highest BCUT2D eigenvalue weighted by molar-refractivity contribution is 8.07. The molecule has 2 aromatic rings. The lowest BCUT2D eigenvalue weighted by molar-refractivity contribution is -0.502. The lowest BCUT2D eigenvalue weighted by Crippen LogP contribution is -2.08. The Kier molecular flexibility index (Phi) is 6.39. The van der Waals surface area contributed by atoms with Gasteiger partial charge in [0, 0.05) is 21.0 Å². The van der Waals surface area contributed by atoms with Crippen LogP contribution in [-0.4, -0.2) is 9.85 Å². The van der Waals surface area contributed by atoms with E-state index in [0.717, 1.165) is 0 Å². The summed E-state index contributed by atoms with van der Waals surface area (Å²) >= 11 is 1.17. The van der Waals surface area contributed by atoms with Crippen LogP contribution in [0.2, 0.25) is 0 Å². The van der Waals surface area contributed by atoms with E-state index in [9.17, 15) is 20.2 Å². The Hall–Kier alpha value is -2.10. The van der Waals surface area contributed by atoms with Crippen LogP contribution < -0.4 is 0 Å². The molecule has 2 aromatic carbocycles. The number of hydrogen-bond acceptors (Lipinski definition) is 7. The highest BCUT2D eigenvalue weighted by atomic mass is 32.2. The van der Waals surface area contributed by atoms with Gasteiger partial charge in [0.25, 0.3) is 0 Å². The third-order valence-corrected chi connectivity index (χ3v) is 4.69. The van der Waals surface area contributed by atoms with Crippen LogP contribution in [0.3, 0.4) is 0 Å². The molecule has 2 unspecified atom stereocenters. The molecule has 23 heavy (non-hydrogen) atoms. The van der Waals surface area contributed by atoms with Gasteiger partial charge in [0.1, 0.15) is 0 Å². The minimum atomic E-state index is -1.15. The predicted octanol–water partition coefficient (Wildman–Crippen LogP) is 4.25. The van der Waals surface area contributed by atoms with Gasteiger partial charge in [-0.2, -0.15) is 0 Å². The van der Waals surface area contributed by atoms with Crippen LogP contribution >= 0.6 is 24.1 Å². The van der Waals surface area contributed by atoms with E-state index in [-0.39, 0.29) is 0 Å². The maximum atomic E-state index is 11.1. The van der Waals surface area contributed by atoms with Gasteiger partial charge in [-0.05, 0) is 0 Å². The third kappa shape index (κ3) is 4.95. The van der Waals surface area contributed by atoms with E-state index in [1.807, 2.05) is 0 Å². The van der Waals surface area contributed by atoms with E-state index in [2.05, 4.69) is 0 Å². The standard InChI is InChI=1S/C14H12N2O5S2/c17-15(18)13(11-7-3-1-4-8-11)22-21-23-14(16(19)20)12-9-5-2-6-10-12/h1-10,13-14H. The van der Waals surface area contributed by atoms with Crippen molar-refractivity contribution in [3.63, 3.8) is 0 Å². The number of rotatable bonds is 8. The van der Waals surface area contributed by atoms with Crippen molar-refractivity contribution in [2.75, 3.05) is 0 Å². The normalized spacial score (nSPS) is 13.2. The molecule has 7 nitrogen and oxygen atoms in total. The molecule has 2 atom stereocenters. The molecule has 9 heteroatoms. The van der Waals surface area contributed by atoms with Crippen molar-refractivity contribution in [2.45, 2.75) is 10.7 Å². The van der Waals surface area contributed by atoms with Crippen molar-refractivity contribution in [3.05, 3.63) is 92.0 Å². The summed E-state index contributed by atoms with van der Waals surface area (Å²) in [6.07, 6.45) is 0. The zero-order valence-corrected chi connectivity index (χ0v) is 13.3. The Bertz CT molecular complexity index is 599. The second kappa shape index (κ2) is 8.51. The fourth-order valence-electron chi connectivity index (χ4n) is 1.76. The Morgan fingerprint density at radius 1 is 0.739 bits per heavy atom. The van der Waals surface area contributed by atoms with Crippen LogP contribution in [-0.2, 0) is 3.63 Å². The van der Waals surface area contributed by atoms with Gasteiger partial charge in [0.2, 0.25) is 0 Å². The molecule has 0 radical (unpaired) electrons. The molecule has 0 spiro atoms. The van der Waals surface area contributed by atoms with Gasteiger partial charge in [-0.1, -0.05) is 60.7 Å². The second-order valence-corrected chi connectivity index (χ2v) is 6.18. The first kappa shape index (κ1) is 17.3. The van der Waals surface area contributed by atoms with Crippen molar-refractivity contribution < 1.29 is 13.5 Å². The monoisotopic (exact) mass is 352 g/mol. The van der Waals surface area contributed by atoms with Crippen LogP contribution in [0.5, 0.6) is 0 Å². The second-order valence-electron chi connectivity index (χ2n) is 4.36. The third-order valence-electron chi connectivity index (χ3n) is 2.81. The maximum absolute atomic E-state index is 11.1. The Labute approximate surface area is 140 Å². The minimum absolute atomic E-state index is 0.459. The molecule has 0 heterocycles. The van der Waals surface area contributed by atoms with Crippen LogP contribution in [0.1, 0.15) is 21.9 Å². The van der Waals surface area contributed by atoms with Crippen LogP contribution in [0.4, 0.5) is 0 Å². The molecule has 0 bridgehead atoms. The minimum Gasteiger partial charge on any atom is -0.263 e. The Balaban J connectivity index is 2.01.